The minimum absolute atomic E-state index is 0.124. The molecule has 2 rings (SSSR count). The number of hydrogen-bond donors (Lipinski definition) is 1. The van der Waals surface area contributed by atoms with E-state index in [0.29, 0.717) is 22.7 Å². The summed E-state index contributed by atoms with van der Waals surface area (Å²) in [7, 11) is 1.64. The summed E-state index contributed by atoms with van der Waals surface area (Å²) in [5.74, 6) is 1.58. The molecule has 0 unspecified atom stereocenters. The fraction of sp³-hybridized carbons (Fsp3) is 0.750. The molecular formula is C12H20N4O2S. The van der Waals surface area contributed by atoms with Gasteiger partial charge in [0.05, 0.1) is 5.75 Å². The van der Waals surface area contributed by atoms with E-state index in [1.807, 2.05) is 4.90 Å². The van der Waals surface area contributed by atoms with E-state index in [2.05, 4.69) is 24.0 Å². The molecule has 6 nitrogen and oxygen atoms in total. The summed E-state index contributed by atoms with van der Waals surface area (Å²) in [5, 5.41) is 6.80. The predicted molar refractivity (Wildman–Crippen MR) is 74.1 cm³/mol. The average molecular weight is 284 g/mol. The summed E-state index contributed by atoms with van der Waals surface area (Å²) in [4.78, 5) is 25.3. The van der Waals surface area contributed by atoms with Crippen LogP contribution in [0.15, 0.2) is 9.95 Å². The maximum Gasteiger partial charge on any atom is 0.343 e. The molecule has 2 atom stereocenters. The van der Waals surface area contributed by atoms with Crippen molar-refractivity contribution in [3.63, 3.8) is 0 Å². The number of rotatable bonds is 3. The zero-order valence-electron chi connectivity index (χ0n) is 11.5. The Labute approximate surface area is 116 Å². The van der Waals surface area contributed by atoms with Gasteiger partial charge in [0.15, 0.2) is 5.16 Å². The van der Waals surface area contributed by atoms with Crippen LogP contribution in [0.5, 0.6) is 0 Å². The maximum absolute atomic E-state index is 12.2. The van der Waals surface area contributed by atoms with Crippen LogP contribution in [0, 0.1) is 11.8 Å². The monoisotopic (exact) mass is 284 g/mol. The first-order valence-electron chi connectivity index (χ1n) is 6.49. The molecule has 0 bridgehead atoms. The predicted octanol–water partition coefficient (Wildman–Crippen LogP) is 0.705. The molecule has 1 aliphatic rings. The molecule has 1 aromatic rings. The van der Waals surface area contributed by atoms with Gasteiger partial charge in [-0.1, -0.05) is 25.6 Å². The van der Waals surface area contributed by atoms with E-state index in [-0.39, 0.29) is 11.6 Å². The molecule has 1 aromatic heterocycles. The highest BCUT2D eigenvalue weighted by Gasteiger charge is 2.25. The zero-order valence-corrected chi connectivity index (χ0v) is 12.4. The number of nitrogens with one attached hydrogen (secondary N) is 1. The minimum Gasteiger partial charge on any atom is -0.341 e. The van der Waals surface area contributed by atoms with E-state index >= 15 is 0 Å². The van der Waals surface area contributed by atoms with E-state index < -0.39 is 0 Å². The van der Waals surface area contributed by atoms with Crippen molar-refractivity contribution in [3.05, 3.63) is 10.5 Å². The average Bonchev–Trinajstić information content (AvgIpc) is 2.66. The number of amides is 1. The van der Waals surface area contributed by atoms with Crippen LogP contribution in [0.25, 0.3) is 0 Å². The van der Waals surface area contributed by atoms with Crippen molar-refractivity contribution < 1.29 is 4.79 Å². The Kier molecular flexibility index (Phi) is 4.34. The number of nitrogens with zero attached hydrogens (tertiary/aromatic N) is 3. The van der Waals surface area contributed by atoms with E-state index in [0.717, 1.165) is 13.1 Å². The standard InChI is InChI=1S/C12H20N4O2S/c1-8-4-9(2)6-16(5-8)10(17)7-19-12-14-13-11(18)15(12)3/h8-9H,4-7H2,1-3H3,(H,13,18)/t8-,9-/m0/s1. The molecule has 106 valence electrons. The second-order valence-corrected chi connectivity index (χ2v) is 6.35. The Bertz CT molecular complexity index is 500. The van der Waals surface area contributed by atoms with Gasteiger partial charge in [-0.25, -0.2) is 9.89 Å². The summed E-state index contributed by atoms with van der Waals surface area (Å²) in [6, 6.07) is 0. The summed E-state index contributed by atoms with van der Waals surface area (Å²) in [6.45, 7) is 6.04. The van der Waals surface area contributed by atoms with Crippen LogP contribution >= 0.6 is 11.8 Å². The molecule has 19 heavy (non-hydrogen) atoms. The lowest BCUT2D eigenvalue weighted by atomic mass is 9.92. The van der Waals surface area contributed by atoms with Crippen molar-refractivity contribution in [3.8, 4) is 0 Å². The number of hydrogen-bond acceptors (Lipinski definition) is 4. The summed E-state index contributed by atoms with van der Waals surface area (Å²) >= 11 is 1.30. The SMILES string of the molecule is C[C@H]1C[C@H](C)CN(C(=O)CSc2n[nH]c(=O)n2C)C1. The molecule has 1 amide bonds. The number of thioether (sulfide) groups is 1. The quantitative estimate of drug-likeness (QED) is 0.830. The van der Waals surface area contributed by atoms with Crippen LogP contribution in [-0.2, 0) is 11.8 Å². The molecule has 1 fully saturated rings. The Morgan fingerprint density at radius 3 is 2.58 bits per heavy atom. The molecular weight excluding hydrogens is 264 g/mol. The summed E-state index contributed by atoms with van der Waals surface area (Å²) in [6.07, 6.45) is 1.19. The number of aromatic amines is 1. The molecule has 1 saturated heterocycles. The van der Waals surface area contributed by atoms with Crippen LogP contribution in [0.3, 0.4) is 0 Å². The lowest BCUT2D eigenvalue weighted by molar-refractivity contribution is -0.130. The molecule has 0 saturated carbocycles. The molecule has 7 heteroatoms. The molecule has 0 spiro atoms. The highest BCUT2D eigenvalue weighted by molar-refractivity contribution is 7.99. The number of aromatic nitrogens is 3. The largest absolute Gasteiger partial charge is 0.343 e. The van der Waals surface area contributed by atoms with Crippen molar-refractivity contribution in [1.29, 1.82) is 0 Å². The molecule has 1 N–H and O–H groups in total. The van der Waals surface area contributed by atoms with Gasteiger partial charge in [0.2, 0.25) is 5.91 Å². The van der Waals surface area contributed by atoms with Crippen molar-refractivity contribution >= 4 is 17.7 Å². The van der Waals surface area contributed by atoms with Gasteiger partial charge in [0.1, 0.15) is 0 Å². The Morgan fingerprint density at radius 2 is 2.05 bits per heavy atom. The van der Waals surface area contributed by atoms with E-state index in [1.54, 1.807) is 7.05 Å². The van der Waals surface area contributed by atoms with Crippen LogP contribution in [-0.4, -0.2) is 44.4 Å². The first-order valence-corrected chi connectivity index (χ1v) is 7.48. The van der Waals surface area contributed by atoms with Gasteiger partial charge in [-0.2, -0.15) is 0 Å². The number of piperidine rings is 1. The van der Waals surface area contributed by atoms with Crippen LogP contribution in [0.2, 0.25) is 0 Å². The van der Waals surface area contributed by atoms with Crippen LogP contribution in [0.1, 0.15) is 20.3 Å². The maximum atomic E-state index is 12.2. The fourth-order valence-electron chi connectivity index (χ4n) is 2.55. The molecule has 0 radical (unpaired) electrons. The highest BCUT2D eigenvalue weighted by Crippen LogP contribution is 2.22. The fourth-order valence-corrected chi connectivity index (χ4v) is 3.37. The minimum atomic E-state index is -0.254. The third kappa shape index (κ3) is 3.40. The van der Waals surface area contributed by atoms with E-state index in [4.69, 9.17) is 0 Å². The van der Waals surface area contributed by atoms with Crippen molar-refractivity contribution in [1.82, 2.24) is 19.7 Å². The van der Waals surface area contributed by atoms with Gasteiger partial charge < -0.3 is 4.90 Å². The van der Waals surface area contributed by atoms with Gasteiger partial charge in [-0.05, 0) is 18.3 Å². The van der Waals surface area contributed by atoms with E-state index in [1.165, 1.54) is 22.7 Å². The Morgan fingerprint density at radius 1 is 1.42 bits per heavy atom. The van der Waals surface area contributed by atoms with Gasteiger partial charge >= 0.3 is 5.69 Å². The Balaban J connectivity index is 1.91. The Hall–Kier alpha value is -1.24. The van der Waals surface area contributed by atoms with Crippen LogP contribution in [0.4, 0.5) is 0 Å². The van der Waals surface area contributed by atoms with Gasteiger partial charge in [0.25, 0.3) is 0 Å². The second kappa shape index (κ2) is 5.81. The molecule has 2 heterocycles. The summed E-state index contributed by atoms with van der Waals surface area (Å²) in [5.41, 5.74) is -0.254. The van der Waals surface area contributed by atoms with Crippen molar-refractivity contribution in [2.24, 2.45) is 18.9 Å². The third-order valence-electron chi connectivity index (χ3n) is 3.39. The normalized spacial score (nSPS) is 23.6. The summed E-state index contributed by atoms with van der Waals surface area (Å²) < 4.78 is 1.42. The van der Waals surface area contributed by atoms with Crippen molar-refractivity contribution in [2.45, 2.75) is 25.4 Å². The second-order valence-electron chi connectivity index (χ2n) is 5.40. The number of carbonyl (C=O) groups excluding carboxylic acids is 1. The number of H-pyrrole nitrogens is 1. The van der Waals surface area contributed by atoms with Gasteiger partial charge in [-0.15, -0.1) is 5.10 Å². The first-order chi connectivity index (χ1) is 8.97. The number of likely N-dealkylation sites (tertiary alicyclic amines) is 1. The zero-order chi connectivity index (χ0) is 14.0. The topological polar surface area (TPSA) is 71.0 Å². The van der Waals surface area contributed by atoms with Gasteiger partial charge in [0, 0.05) is 20.1 Å². The third-order valence-corrected chi connectivity index (χ3v) is 4.40. The van der Waals surface area contributed by atoms with E-state index in [9.17, 15) is 9.59 Å². The van der Waals surface area contributed by atoms with Crippen LogP contribution < -0.4 is 5.69 Å². The molecule has 1 aliphatic heterocycles. The highest BCUT2D eigenvalue weighted by atomic mass is 32.2. The smallest absolute Gasteiger partial charge is 0.341 e. The lowest BCUT2D eigenvalue weighted by Crippen LogP contribution is -2.43. The van der Waals surface area contributed by atoms with Gasteiger partial charge in [-0.3, -0.25) is 9.36 Å². The first kappa shape index (κ1) is 14.2. The number of carbonyl (C=O) groups is 1. The lowest BCUT2D eigenvalue weighted by Gasteiger charge is -2.34. The van der Waals surface area contributed by atoms with Crippen molar-refractivity contribution in [2.75, 3.05) is 18.8 Å². The molecule has 0 aliphatic carbocycles. The molecule has 0 aromatic carbocycles.